The SMILES string of the molecule is O=C(O)CCCN=CC1=C(O)CC(c2ccccc2)CC1=O. The molecule has 0 aromatic heterocycles. The summed E-state index contributed by atoms with van der Waals surface area (Å²) in [5.74, 6) is -0.929. The Hall–Kier alpha value is -2.43. The Bertz CT molecular complexity index is 604. The van der Waals surface area contributed by atoms with E-state index in [0.717, 1.165) is 5.56 Å². The molecule has 1 aliphatic rings. The summed E-state index contributed by atoms with van der Waals surface area (Å²) in [6.45, 7) is 0.332. The number of allylic oxidation sites excluding steroid dienone is 2. The Balaban J connectivity index is 1.99. The number of aliphatic hydroxyl groups is 1. The molecule has 22 heavy (non-hydrogen) atoms. The zero-order chi connectivity index (χ0) is 15.9. The van der Waals surface area contributed by atoms with E-state index in [4.69, 9.17) is 5.11 Å². The molecule has 1 atom stereocenters. The molecule has 0 amide bonds. The first-order valence-electron chi connectivity index (χ1n) is 7.30. The van der Waals surface area contributed by atoms with Crippen molar-refractivity contribution in [1.29, 1.82) is 0 Å². The second kappa shape index (κ2) is 7.54. The van der Waals surface area contributed by atoms with Gasteiger partial charge < -0.3 is 10.2 Å². The molecular formula is C17H19NO4. The maximum Gasteiger partial charge on any atom is 0.303 e. The number of aliphatic hydroxyl groups excluding tert-OH is 1. The number of aliphatic carboxylic acids is 1. The predicted molar refractivity (Wildman–Crippen MR) is 83.3 cm³/mol. The van der Waals surface area contributed by atoms with E-state index in [2.05, 4.69) is 4.99 Å². The maximum atomic E-state index is 12.2. The number of carboxylic acids is 1. The van der Waals surface area contributed by atoms with Crippen LogP contribution in [0.1, 0.15) is 37.2 Å². The lowest BCUT2D eigenvalue weighted by molar-refractivity contribution is -0.137. The Morgan fingerprint density at radius 1 is 1.27 bits per heavy atom. The van der Waals surface area contributed by atoms with Crippen LogP contribution in [0.25, 0.3) is 0 Å². The van der Waals surface area contributed by atoms with Gasteiger partial charge in [-0.05, 0) is 17.9 Å². The van der Waals surface area contributed by atoms with E-state index in [1.165, 1.54) is 6.21 Å². The first kappa shape index (κ1) is 15.9. The number of nitrogens with zero attached hydrogens (tertiary/aromatic N) is 1. The van der Waals surface area contributed by atoms with Crippen LogP contribution >= 0.6 is 0 Å². The van der Waals surface area contributed by atoms with Crippen LogP contribution < -0.4 is 0 Å². The van der Waals surface area contributed by atoms with Crippen LogP contribution in [0.3, 0.4) is 0 Å². The highest BCUT2D eigenvalue weighted by Crippen LogP contribution is 2.32. The van der Waals surface area contributed by atoms with Crippen LogP contribution in [0.2, 0.25) is 0 Å². The highest BCUT2D eigenvalue weighted by Gasteiger charge is 2.27. The van der Waals surface area contributed by atoms with Gasteiger partial charge in [0.15, 0.2) is 5.78 Å². The fourth-order valence-electron chi connectivity index (χ4n) is 2.50. The van der Waals surface area contributed by atoms with E-state index < -0.39 is 5.97 Å². The molecular weight excluding hydrogens is 282 g/mol. The van der Waals surface area contributed by atoms with Crippen molar-refractivity contribution in [2.75, 3.05) is 6.54 Å². The monoisotopic (exact) mass is 301 g/mol. The molecule has 0 heterocycles. The number of Topliss-reactive ketones (excluding diaryl/α,β-unsaturated/α-hetero) is 1. The molecule has 0 aliphatic heterocycles. The summed E-state index contributed by atoms with van der Waals surface area (Å²) >= 11 is 0. The van der Waals surface area contributed by atoms with E-state index in [-0.39, 0.29) is 29.5 Å². The average molecular weight is 301 g/mol. The number of carbonyl (C=O) groups is 2. The molecule has 1 aliphatic carbocycles. The zero-order valence-electron chi connectivity index (χ0n) is 12.2. The lowest BCUT2D eigenvalue weighted by atomic mass is 9.83. The first-order chi connectivity index (χ1) is 10.6. The van der Waals surface area contributed by atoms with Crippen molar-refractivity contribution in [3.63, 3.8) is 0 Å². The summed E-state index contributed by atoms with van der Waals surface area (Å²) in [5.41, 5.74) is 1.29. The van der Waals surface area contributed by atoms with Gasteiger partial charge in [-0.15, -0.1) is 0 Å². The van der Waals surface area contributed by atoms with Crippen molar-refractivity contribution in [2.24, 2.45) is 4.99 Å². The standard InChI is InChI=1S/C17H19NO4/c19-15-9-13(12-5-2-1-3-6-12)10-16(20)14(15)11-18-8-4-7-17(21)22/h1-3,5-6,11,13,19H,4,7-10H2,(H,21,22). The third-order valence-electron chi connectivity index (χ3n) is 3.65. The molecule has 5 nitrogen and oxygen atoms in total. The van der Waals surface area contributed by atoms with Crippen LogP contribution in [-0.4, -0.2) is 34.7 Å². The lowest BCUT2D eigenvalue weighted by Crippen LogP contribution is -2.19. The van der Waals surface area contributed by atoms with Crippen LogP contribution in [-0.2, 0) is 9.59 Å². The van der Waals surface area contributed by atoms with E-state index in [0.29, 0.717) is 25.8 Å². The molecule has 116 valence electrons. The number of hydrogen-bond acceptors (Lipinski definition) is 4. The van der Waals surface area contributed by atoms with Crippen LogP contribution in [0.4, 0.5) is 0 Å². The fraction of sp³-hybridized carbons (Fsp3) is 0.353. The molecule has 2 rings (SSSR count). The van der Waals surface area contributed by atoms with Crippen molar-refractivity contribution in [2.45, 2.75) is 31.6 Å². The number of aliphatic imine (C=N–C) groups is 1. The number of benzene rings is 1. The van der Waals surface area contributed by atoms with Crippen molar-refractivity contribution < 1.29 is 19.8 Å². The van der Waals surface area contributed by atoms with E-state index >= 15 is 0 Å². The molecule has 1 unspecified atom stereocenters. The van der Waals surface area contributed by atoms with Gasteiger partial charge in [0.25, 0.3) is 0 Å². The van der Waals surface area contributed by atoms with E-state index in [9.17, 15) is 14.7 Å². The Morgan fingerprint density at radius 3 is 2.64 bits per heavy atom. The zero-order valence-corrected chi connectivity index (χ0v) is 12.2. The average Bonchev–Trinajstić information content (AvgIpc) is 2.49. The number of hydrogen-bond donors (Lipinski definition) is 2. The summed E-state index contributed by atoms with van der Waals surface area (Å²) in [5, 5.41) is 18.6. The third-order valence-corrected chi connectivity index (χ3v) is 3.65. The van der Waals surface area contributed by atoms with Crippen LogP contribution in [0.5, 0.6) is 0 Å². The van der Waals surface area contributed by atoms with Gasteiger partial charge in [0.2, 0.25) is 0 Å². The van der Waals surface area contributed by atoms with Gasteiger partial charge in [-0.2, -0.15) is 0 Å². The second-order valence-corrected chi connectivity index (χ2v) is 5.33. The quantitative estimate of drug-likeness (QED) is 0.625. The van der Waals surface area contributed by atoms with Crippen molar-refractivity contribution in [3.05, 3.63) is 47.2 Å². The number of rotatable bonds is 6. The molecule has 0 saturated carbocycles. The van der Waals surface area contributed by atoms with Crippen molar-refractivity contribution in [3.8, 4) is 0 Å². The summed E-state index contributed by atoms with van der Waals surface area (Å²) in [4.78, 5) is 26.6. The fourth-order valence-corrected chi connectivity index (χ4v) is 2.50. The molecule has 0 spiro atoms. The van der Waals surface area contributed by atoms with Crippen molar-refractivity contribution >= 4 is 18.0 Å². The molecule has 0 saturated heterocycles. The normalized spacial score (nSPS) is 18.9. The molecule has 1 aromatic carbocycles. The predicted octanol–water partition coefficient (Wildman–Crippen LogP) is 2.88. The highest BCUT2D eigenvalue weighted by atomic mass is 16.4. The second-order valence-electron chi connectivity index (χ2n) is 5.33. The Morgan fingerprint density at radius 2 is 2.00 bits per heavy atom. The highest BCUT2D eigenvalue weighted by molar-refractivity contribution is 6.14. The molecule has 0 radical (unpaired) electrons. The van der Waals surface area contributed by atoms with Crippen LogP contribution in [0.15, 0.2) is 46.7 Å². The summed E-state index contributed by atoms with van der Waals surface area (Å²) < 4.78 is 0. The lowest BCUT2D eigenvalue weighted by Gasteiger charge is -2.22. The van der Waals surface area contributed by atoms with Crippen molar-refractivity contribution in [1.82, 2.24) is 0 Å². The Labute approximate surface area is 129 Å². The first-order valence-corrected chi connectivity index (χ1v) is 7.30. The largest absolute Gasteiger partial charge is 0.511 e. The Kier molecular flexibility index (Phi) is 5.47. The van der Waals surface area contributed by atoms with Crippen LogP contribution in [0, 0.1) is 0 Å². The molecule has 2 N–H and O–H groups in total. The molecule has 1 aromatic rings. The summed E-state index contributed by atoms with van der Waals surface area (Å²) in [6, 6.07) is 9.66. The molecule has 5 heteroatoms. The van der Waals surface area contributed by atoms with Gasteiger partial charge >= 0.3 is 5.97 Å². The van der Waals surface area contributed by atoms with E-state index in [1.807, 2.05) is 30.3 Å². The number of ketones is 1. The summed E-state index contributed by atoms with van der Waals surface area (Å²) in [6.07, 6.45) is 2.62. The molecule has 0 fully saturated rings. The van der Waals surface area contributed by atoms with Gasteiger partial charge in [0, 0.05) is 32.0 Å². The van der Waals surface area contributed by atoms with Gasteiger partial charge in [-0.1, -0.05) is 30.3 Å². The topological polar surface area (TPSA) is 87.0 Å². The van der Waals surface area contributed by atoms with Gasteiger partial charge in [-0.25, -0.2) is 0 Å². The minimum atomic E-state index is -0.864. The maximum absolute atomic E-state index is 12.2. The van der Waals surface area contributed by atoms with Gasteiger partial charge in [-0.3, -0.25) is 14.6 Å². The minimum absolute atomic E-state index is 0.00198. The molecule has 0 bridgehead atoms. The number of carbonyl (C=O) groups excluding carboxylic acids is 1. The summed E-state index contributed by atoms with van der Waals surface area (Å²) in [7, 11) is 0. The number of carboxylic acid groups (broad SMARTS) is 1. The van der Waals surface area contributed by atoms with E-state index in [1.54, 1.807) is 0 Å². The smallest absolute Gasteiger partial charge is 0.303 e. The minimum Gasteiger partial charge on any atom is -0.511 e. The van der Waals surface area contributed by atoms with Gasteiger partial charge in [0.05, 0.1) is 5.57 Å². The van der Waals surface area contributed by atoms with Gasteiger partial charge in [0.1, 0.15) is 5.76 Å². The third kappa shape index (κ3) is 4.28.